The van der Waals surface area contributed by atoms with Gasteiger partial charge in [-0.2, -0.15) is 0 Å². The number of phenolic OH excluding ortho intramolecular Hbond substituents is 1. The summed E-state index contributed by atoms with van der Waals surface area (Å²) in [6.45, 7) is 5.71. The first-order chi connectivity index (χ1) is 14.1. The third-order valence-electron chi connectivity index (χ3n) is 4.46. The molecule has 0 atom stereocenters. The Bertz CT molecular complexity index is 1190. The number of methoxy groups -OCH3 is 1. The molecule has 0 spiro atoms. The maximum Gasteiger partial charge on any atom is 0.413 e. The van der Waals surface area contributed by atoms with Gasteiger partial charge in [0, 0.05) is 6.54 Å². The van der Waals surface area contributed by atoms with Crippen LogP contribution >= 0.6 is 0 Å². The van der Waals surface area contributed by atoms with Gasteiger partial charge in [0.25, 0.3) is 10.0 Å². The van der Waals surface area contributed by atoms with Crippen LogP contribution in [0, 0.1) is 12.8 Å². The van der Waals surface area contributed by atoms with Crippen LogP contribution in [0.4, 0.5) is 16.4 Å². The molecule has 3 rings (SSSR count). The van der Waals surface area contributed by atoms with Crippen molar-refractivity contribution in [3.63, 3.8) is 0 Å². The Kier molecular flexibility index (Phi) is 5.88. The highest BCUT2D eigenvalue weighted by Gasteiger charge is 2.28. The Morgan fingerprint density at radius 2 is 2.03 bits per heavy atom. The number of hydrogen-bond acceptors (Lipinski definition) is 6. The summed E-state index contributed by atoms with van der Waals surface area (Å²) in [4.78, 5) is 18.4. The number of H-pyrrole nitrogens is 1. The van der Waals surface area contributed by atoms with Gasteiger partial charge in [-0.25, -0.2) is 18.2 Å². The van der Waals surface area contributed by atoms with Crippen molar-refractivity contribution in [3.8, 4) is 5.75 Å². The van der Waals surface area contributed by atoms with Crippen LogP contribution in [-0.4, -0.2) is 43.2 Å². The van der Waals surface area contributed by atoms with E-state index in [1.807, 2.05) is 13.8 Å². The lowest BCUT2D eigenvalue weighted by atomic mass is 10.1. The number of aryl methyl sites for hydroxylation is 1. The second-order valence-electron chi connectivity index (χ2n) is 7.25. The summed E-state index contributed by atoms with van der Waals surface area (Å²) in [5.41, 5.74) is 1.72. The van der Waals surface area contributed by atoms with Crippen LogP contribution in [0.5, 0.6) is 5.75 Å². The summed E-state index contributed by atoms with van der Waals surface area (Å²) in [5.74, 6) is 0.0853. The van der Waals surface area contributed by atoms with Gasteiger partial charge in [-0.3, -0.25) is 9.62 Å². The average Bonchev–Trinajstić information content (AvgIpc) is 3.09. The first kappa shape index (κ1) is 21.4. The van der Waals surface area contributed by atoms with Crippen molar-refractivity contribution >= 4 is 38.8 Å². The maximum absolute atomic E-state index is 13.5. The number of aromatic amines is 1. The normalized spacial score (nSPS) is 11.6. The number of nitrogens with zero attached hydrogens (tertiary/aromatic N) is 2. The fourth-order valence-corrected chi connectivity index (χ4v) is 4.65. The van der Waals surface area contributed by atoms with Crippen molar-refractivity contribution in [2.24, 2.45) is 5.92 Å². The van der Waals surface area contributed by atoms with E-state index in [-0.39, 0.29) is 34.7 Å². The number of phenols is 1. The number of fused-ring (bicyclic) bond motifs is 1. The highest BCUT2D eigenvalue weighted by atomic mass is 32.2. The van der Waals surface area contributed by atoms with Gasteiger partial charge >= 0.3 is 6.09 Å². The van der Waals surface area contributed by atoms with E-state index in [0.717, 1.165) is 0 Å². The average molecular weight is 433 g/mol. The summed E-state index contributed by atoms with van der Waals surface area (Å²) in [6, 6.07) is 9.43. The first-order valence-corrected chi connectivity index (χ1v) is 10.7. The second-order valence-corrected chi connectivity index (χ2v) is 9.12. The number of sulfonamides is 1. The molecular weight excluding hydrogens is 408 g/mol. The molecule has 0 radical (unpaired) electrons. The second kappa shape index (κ2) is 8.23. The van der Waals surface area contributed by atoms with Gasteiger partial charge in [-0.15, -0.1) is 0 Å². The minimum absolute atomic E-state index is 0.0198. The van der Waals surface area contributed by atoms with Crippen LogP contribution < -0.4 is 9.62 Å². The molecule has 30 heavy (non-hydrogen) atoms. The molecule has 0 aliphatic rings. The van der Waals surface area contributed by atoms with Gasteiger partial charge in [0.1, 0.15) is 5.75 Å². The predicted octanol–water partition coefficient (Wildman–Crippen LogP) is 3.61. The molecule has 1 aromatic heterocycles. The van der Waals surface area contributed by atoms with Crippen molar-refractivity contribution in [2.45, 2.75) is 25.7 Å². The van der Waals surface area contributed by atoms with Crippen molar-refractivity contribution in [1.82, 2.24) is 9.97 Å². The fourth-order valence-electron chi connectivity index (χ4n) is 2.99. The summed E-state index contributed by atoms with van der Waals surface area (Å²) in [6.07, 6.45) is -0.695. The zero-order valence-corrected chi connectivity index (χ0v) is 17.9. The Morgan fingerprint density at radius 1 is 1.30 bits per heavy atom. The molecular formula is C20H24N4O5S. The number of imidazole rings is 1. The molecule has 3 aromatic rings. The van der Waals surface area contributed by atoms with Gasteiger partial charge in [0.05, 0.1) is 28.7 Å². The Hall–Kier alpha value is -3.27. The van der Waals surface area contributed by atoms with Gasteiger partial charge < -0.3 is 14.8 Å². The van der Waals surface area contributed by atoms with E-state index >= 15 is 0 Å². The Labute approximate surface area is 174 Å². The van der Waals surface area contributed by atoms with Crippen LogP contribution in [0.3, 0.4) is 0 Å². The number of anilines is 2. The number of aromatic hydroxyl groups is 1. The van der Waals surface area contributed by atoms with Gasteiger partial charge in [0.15, 0.2) is 0 Å². The minimum Gasteiger partial charge on any atom is -0.505 e. The van der Waals surface area contributed by atoms with Crippen LogP contribution in [0.25, 0.3) is 11.0 Å². The monoisotopic (exact) mass is 432 g/mol. The molecule has 0 bridgehead atoms. The van der Waals surface area contributed by atoms with Crippen LogP contribution in [0.1, 0.15) is 19.4 Å². The van der Waals surface area contributed by atoms with E-state index in [1.54, 1.807) is 31.2 Å². The standard InChI is InChI=1S/C20H24N4O5S/c1-12(2)11-24(17-7-5-6-13(3)18(17)25)30(27,28)14-8-9-15-16(10-14)22-19(21-15)23-20(26)29-4/h5-10,12,25H,11H2,1-4H3,(H2,21,22,23,26). The molecule has 2 aromatic carbocycles. The molecule has 0 saturated heterocycles. The number of aromatic nitrogens is 2. The largest absolute Gasteiger partial charge is 0.505 e. The molecule has 10 heteroatoms. The molecule has 9 nitrogen and oxygen atoms in total. The number of benzene rings is 2. The van der Waals surface area contributed by atoms with E-state index in [0.29, 0.717) is 16.6 Å². The number of amides is 1. The lowest BCUT2D eigenvalue weighted by Gasteiger charge is -2.27. The number of nitrogens with one attached hydrogen (secondary N) is 2. The van der Waals surface area contributed by atoms with Crippen LogP contribution in [0.15, 0.2) is 41.3 Å². The summed E-state index contributed by atoms with van der Waals surface area (Å²) in [5, 5.41) is 12.9. The topological polar surface area (TPSA) is 125 Å². The molecule has 1 amide bonds. The lowest BCUT2D eigenvalue weighted by molar-refractivity contribution is 0.186. The number of ether oxygens (including phenoxy) is 1. The van der Waals surface area contributed by atoms with E-state index < -0.39 is 16.1 Å². The van der Waals surface area contributed by atoms with Crippen molar-refractivity contribution in [3.05, 3.63) is 42.0 Å². The molecule has 0 fully saturated rings. The predicted molar refractivity (Wildman–Crippen MR) is 114 cm³/mol. The Morgan fingerprint density at radius 3 is 2.70 bits per heavy atom. The molecule has 1 heterocycles. The molecule has 0 saturated carbocycles. The van der Waals surface area contributed by atoms with E-state index in [4.69, 9.17) is 0 Å². The zero-order valence-electron chi connectivity index (χ0n) is 17.1. The number of rotatable bonds is 6. The summed E-state index contributed by atoms with van der Waals surface area (Å²) < 4.78 is 32.7. The minimum atomic E-state index is -3.98. The number of carbonyl (C=O) groups excluding carboxylic acids is 1. The molecule has 3 N–H and O–H groups in total. The summed E-state index contributed by atoms with van der Waals surface area (Å²) in [7, 11) is -2.76. The third kappa shape index (κ3) is 4.18. The van der Waals surface area contributed by atoms with Gasteiger partial charge in [-0.1, -0.05) is 26.0 Å². The number of para-hydroxylation sites is 1. The highest BCUT2D eigenvalue weighted by Crippen LogP contribution is 2.35. The lowest BCUT2D eigenvalue weighted by Crippen LogP contribution is -2.34. The smallest absolute Gasteiger partial charge is 0.413 e. The van der Waals surface area contributed by atoms with E-state index in [1.165, 1.54) is 23.5 Å². The molecule has 0 unspecified atom stereocenters. The third-order valence-corrected chi connectivity index (χ3v) is 6.24. The van der Waals surface area contributed by atoms with E-state index in [9.17, 15) is 18.3 Å². The molecule has 0 aliphatic heterocycles. The maximum atomic E-state index is 13.5. The van der Waals surface area contributed by atoms with Gasteiger partial charge in [-0.05, 0) is 42.7 Å². The number of carbonyl (C=O) groups is 1. The van der Waals surface area contributed by atoms with Gasteiger partial charge in [0.2, 0.25) is 5.95 Å². The summed E-state index contributed by atoms with van der Waals surface area (Å²) >= 11 is 0. The van der Waals surface area contributed by atoms with E-state index in [2.05, 4.69) is 20.0 Å². The Balaban J connectivity index is 2.07. The SMILES string of the molecule is COC(=O)Nc1nc2ccc(S(=O)(=O)N(CC(C)C)c3cccc(C)c3O)cc2[nH]1. The molecule has 160 valence electrons. The van der Waals surface area contributed by atoms with Crippen LogP contribution in [-0.2, 0) is 14.8 Å². The highest BCUT2D eigenvalue weighted by molar-refractivity contribution is 7.92. The van der Waals surface area contributed by atoms with Crippen molar-refractivity contribution in [1.29, 1.82) is 0 Å². The van der Waals surface area contributed by atoms with Crippen LogP contribution in [0.2, 0.25) is 0 Å². The first-order valence-electron chi connectivity index (χ1n) is 9.29. The van der Waals surface area contributed by atoms with Crippen molar-refractivity contribution in [2.75, 3.05) is 23.3 Å². The molecule has 0 aliphatic carbocycles. The number of hydrogen-bond donors (Lipinski definition) is 3. The fraction of sp³-hybridized carbons (Fsp3) is 0.300. The quantitative estimate of drug-likeness (QED) is 0.547. The zero-order chi connectivity index (χ0) is 22.1. The van der Waals surface area contributed by atoms with Crippen molar-refractivity contribution < 1.29 is 23.1 Å².